The van der Waals surface area contributed by atoms with E-state index in [1.54, 1.807) is 0 Å². The highest BCUT2D eigenvalue weighted by Gasteiger charge is 2.36. The zero-order valence-electron chi connectivity index (χ0n) is 32.9. The van der Waals surface area contributed by atoms with E-state index in [0.29, 0.717) is 0 Å². The van der Waals surface area contributed by atoms with Gasteiger partial charge in [-0.1, -0.05) is 172 Å². The SMILES string of the molecule is CC1(C)c2ccccc2-c2ccc(N(c3ccc(-c4ccccc4)cc3)c3cc(-c4ccc5ccccc5c4)cc4c3oc3c5ccccc5c5ccccc5c43)cc21. The highest BCUT2D eigenvalue weighted by molar-refractivity contribution is 6.31. The molecule has 2 nitrogen and oxygen atoms in total. The van der Waals surface area contributed by atoms with E-state index >= 15 is 0 Å². The van der Waals surface area contributed by atoms with Crippen LogP contribution in [0.4, 0.5) is 17.1 Å². The fourth-order valence-corrected chi connectivity index (χ4v) is 9.88. The van der Waals surface area contributed by atoms with Gasteiger partial charge in [-0.25, -0.2) is 0 Å². The molecule has 0 atom stereocenters. The van der Waals surface area contributed by atoms with Crippen molar-refractivity contribution in [1.82, 2.24) is 0 Å². The van der Waals surface area contributed by atoms with Crippen molar-refractivity contribution in [2.75, 3.05) is 4.90 Å². The Balaban J connectivity index is 1.19. The molecule has 11 aromatic rings. The lowest BCUT2D eigenvalue weighted by atomic mass is 9.82. The van der Waals surface area contributed by atoms with Crippen molar-refractivity contribution in [3.63, 3.8) is 0 Å². The highest BCUT2D eigenvalue weighted by atomic mass is 16.3. The molecule has 1 aliphatic rings. The third-order valence-corrected chi connectivity index (χ3v) is 12.8. The number of anilines is 3. The van der Waals surface area contributed by atoms with E-state index in [-0.39, 0.29) is 5.41 Å². The summed E-state index contributed by atoms with van der Waals surface area (Å²) < 4.78 is 7.33. The number of hydrogen-bond donors (Lipinski definition) is 0. The molecule has 0 spiro atoms. The van der Waals surface area contributed by atoms with E-state index in [9.17, 15) is 0 Å². The Kier molecular flexibility index (Phi) is 7.31. The van der Waals surface area contributed by atoms with Gasteiger partial charge in [0.25, 0.3) is 0 Å². The number of hydrogen-bond acceptors (Lipinski definition) is 2. The van der Waals surface area contributed by atoms with Crippen molar-refractivity contribution in [2.24, 2.45) is 0 Å². The fraction of sp³-hybridized carbons (Fsp3) is 0.0526. The average molecular weight is 754 g/mol. The van der Waals surface area contributed by atoms with Crippen molar-refractivity contribution < 1.29 is 4.42 Å². The molecule has 1 aromatic heterocycles. The summed E-state index contributed by atoms with van der Waals surface area (Å²) in [5, 5.41) is 9.42. The Hall–Kier alpha value is -7.42. The van der Waals surface area contributed by atoms with Crippen molar-refractivity contribution in [3.05, 3.63) is 211 Å². The molecule has 12 rings (SSSR count). The third-order valence-electron chi connectivity index (χ3n) is 12.8. The van der Waals surface area contributed by atoms with E-state index in [4.69, 9.17) is 4.42 Å². The van der Waals surface area contributed by atoms with Crippen LogP contribution in [0.2, 0.25) is 0 Å². The summed E-state index contributed by atoms with van der Waals surface area (Å²) in [7, 11) is 0. The maximum absolute atomic E-state index is 7.33. The molecule has 0 N–H and O–H groups in total. The van der Waals surface area contributed by atoms with Gasteiger partial charge in [0.1, 0.15) is 5.58 Å². The molecule has 278 valence electrons. The Morgan fingerprint density at radius 2 is 0.983 bits per heavy atom. The molecule has 0 saturated carbocycles. The maximum atomic E-state index is 7.33. The van der Waals surface area contributed by atoms with Gasteiger partial charge in [0.2, 0.25) is 0 Å². The average Bonchev–Trinajstić information content (AvgIpc) is 3.80. The Morgan fingerprint density at radius 1 is 0.373 bits per heavy atom. The number of rotatable bonds is 5. The standard InChI is InChI=1S/C57H39NO/c1-57(2)51-23-13-12-20-46(51)47-31-30-43(35-52(47)57)58(42-28-26-38(27-29-42)36-14-4-3-5-15-36)53-34-41(40-25-24-37-16-6-7-17-39(37)32-40)33-50-54-48-21-10-8-18-44(48)45-19-9-11-22-49(45)56(54)59-55(50)53/h3-35H,1-2H3. The third kappa shape index (κ3) is 5.13. The van der Waals surface area contributed by atoms with Crippen molar-refractivity contribution in [3.8, 4) is 33.4 Å². The van der Waals surface area contributed by atoms with Gasteiger partial charge in [-0.05, 0) is 114 Å². The molecule has 1 heterocycles. The van der Waals surface area contributed by atoms with E-state index in [0.717, 1.165) is 55.5 Å². The number of benzene rings is 10. The van der Waals surface area contributed by atoms with E-state index in [1.807, 2.05) is 0 Å². The minimum absolute atomic E-state index is 0.162. The zero-order chi connectivity index (χ0) is 39.2. The summed E-state index contributed by atoms with van der Waals surface area (Å²) in [6, 6.07) is 73.1. The van der Waals surface area contributed by atoms with E-state index in [1.165, 1.54) is 60.3 Å². The monoisotopic (exact) mass is 753 g/mol. The van der Waals surface area contributed by atoms with Crippen molar-refractivity contribution >= 4 is 71.3 Å². The molecule has 0 radical (unpaired) electrons. The van der Waals surface area contributed by atoms with Gasteiger partial charge in [-0.3, -0.25) is 0 Å². The second-order valence-corrected chi connectivity index (χ2v) is 16.5. The lowest BCUT2D eigenvalue weighted by Gasteiger charge is -2.28. The van der Waals surface area contributed by atoms with Crippen molar-refractivity contribution in [1.29, 1.82) is 0 Å². The van der Waals surface area contributed by atoms with Crippen LogP contribution in [0, 0.1) is 0 Å². The Labute approximate surface area is 343 Å². The molecule has 1 aliphatic carbocycles. The molecular weight excluding hydrogens is 715 g/mol. The lowest BCUT2D eigenvalue weighted by Crippen LogP contribution is -2.16. The fourth-order valence-electron chi connectivity index (χ4n) is 9.88. The van der Waals surface area contributed by atoms with Gasteiger partial charge in [0, 0.05) is 32.9 Å². The van der Waals surface area contributed by atoms with E-state index < -0.39 is 0 Å². The van der Waals surface area contributed by atoms with Crippen LogP contribution in [-0.4, -0.2) is 0 Å². The molecule has 0 bridgehead atoms. The molecule has 59 heavy (non-hydrogen) atoms. The summed E-state index contributed by atoms with van der Waals surface area (Å²) in [4.78, 5) is 2.42. The van der Waals surface area contributed by atoms with E-state index in [2.05, 4.69) is 219 Å². The smallest absolute Gasteiger partial charge is 0.159 e. The zero-order valence-corrected chi connectivity index (χ0v) is 32.9. The Morgan fingerprint density at radius 3 is 1.80 bits per heavy atom. The van der Waals surface area contributed by atoms with Crippen LogP contribution in [0.1, 0.15) is 25.0 Å². The molecular formula is C57H39NO. The van der Waals surface area contributed by atoms with Crippen LogP contribution in [0.25, 0.3) is 87.6 Å². The predicted octanol–water partition coefficient (Wildman–Crippen LogP) is 16.2. The first-order chi connectivity index (χ1) is 29.0. The molecule has 0 unspecified atom stereocenters. The van der Waals surface area contributed by atoms with Crippen molar-refractivity contribution in [2.45, 2.75) is 19.3 Å². The summed E-state index contributed by atoms with van der Waals surface area (Å²) in [5.41, 5.74) is 14.7. The van der Waals surface area contributed by atoms with Crippen LogP contribution in [0.3, 0.4) is 0 Å². The van der Waals surface area contributed by atoms with Crippen LogP contribution >= 0.6 is 0 Å². The molecule has 0 saturated heterocycles. The van der Waals surface area contributed by atoms with Gasteiger partial charge in [0.15, 0.2) is 5.58 Å². The summed E-state index contributed by atoms with van der Waals surface area (Å²) in [6.07, 6.45) is 0. The first-order valence-corrected chi connectivity index (χ1v) is 20.5. The van der Waals surface area contributed by atoms with Gasteiger partial charge in [-0.15, -0.1) is 0 Å². The maximum Gasteiger partial charge on any atom is 0.159 e. The largest absolute Gasteiger partial charge is 0.453 e. The minimum Gasteiger partial charge on any atom is -0.453 e. The normalized spacial score (nSPS) is 13.1. The minimum atomic E-state index is -0.162. The quantitative estimate of drug-likeness (QED) is 0.163. The van der Waals surface area contributed by atoms with Gasteiger partial charge in [0.05, 0.1) is 5.69 Å². The summed E-state index contributed by atoms with van der Waals surface area (Å²) in [6.45, 7) is 4.71. The van der Waals surface area contributed by atoms with Crippen LogP contribution in [0.15, 0.2) is 205 Å². The van der Waals surface area contributed by atoms with Gasteiger partial charge >= 0.3 is 0 Å². The molecule has 10 aromatic carbocycles. The van der Waals surface area contributed by atoms with Gasteiger partial charge in [-0.2, -0.15) is 0 Å². The Bertz CT molecular complexity index is 3460. The molecule has 2 heteroatoms. The topological polar surface area (TPSA) is 16.4 Å². The van der Waals surface area contributed by atoms with Crippen LogP contribution in [-0.2, 0) is 5.41 Å². The predicted molar refractivity (Wildman–Crippen MR) is 249 cm³/mol. The number of nitrogens with zero attached hydrogens (tertiary/aromatic N) is 1. The van der Waals surface area contributed by atoms with Crippen LogP contribution < -0.4 is 4.90 Å². The molecule has 0 amide bonds. The second-order valence-electron chi connectivity index (χ2n) is 16.5. The number of fused-ring (bicyclic) bond motifs is 12. The molecule has 0 aliphatic heterocycles. The summed E-state index contributed by atoms with van der Waals surface area (Å²) in [5.74, 6) is 0. The first-order valence-electron chi connectivity index (χ1n) is 20.5. The van der Waals surface area contributed by atoms with Crippen LogP contribution in [0.5, 0.6) is 0 Å². The lowest BCUT2D eigenvalue weighted by molar-refractivity contribution is 0.660. The number of furan rings is 1. The second kappa shape index (κ2) is 12.8. The summed E-state index contributed by atoms with van der Waals surface area (Å²) >= 11 is 0. The first kappa shape index (κ1) is 33.7. The van der Waals surface area contributed by atoms with Gasteiger partial charge < -0.3 is 9.32 Å². The highest BCUT2D eigenvalue weighted by Crippen LogP contribution is 2.52. The molecule has 0 fully saturated rings.